The van der Waals surface area contributed by atoms with Crippen molar-refractivity contribution in [2.75, 3.05) is 0 Å². The van der Waals surface area contributed by atoms with Crippen LogP contribution in [-0.2, 0) is 32.7 Å². The standard InChI is InChI=1S/C17H13N6O8.Y/c1-4-6-7-17-8(3)16(5-2)12-10(20(24)25)9(13(16)21(26)27)11(14(17)22(28)29)19(23(30)31)15(17)18-12;/h1-2,8-15H,3H3;/q-1;. The molecule has 0 spiro atoms. The van der Waals surface area contributed by atoms with Crippen molar-refractivity contribution in [2.45, 2.75) is 43.3 Å². The maximum absolute atomic E-state index is 12.2. The van der Waals surface area contributed by atoms with Crippen molar-refractivity contribution in [3.05, 3.63) is 45.8 Å². The summed E-state index contributed by atoms with van der Waals surface area (Å²) in [6.45, 7) is 1.36. The number of terminal acetylenes is 2. The second-order valence-corrected chi connectivity index (χ2v) is 8.02. The first-order chi connectivity index (χ1) is 14.5. The zero-order valence-electron chi connectivity index (χ0n) is 16.3. The third-order valence-electron chi connectivity index (χ3n) is 7.47. The van der Waals surface area contributed by atoms with E-state index in [1.165, 1.54) is 6.92 Å². The van der Waals surface area contributed by atoms with E-state index in [9.17, 15) is 40.5 Å². The first kappa shape index (κ1) is 23.8. The van der Waals surface area contributed by atoms with E-state index in [-0.39, 0.29) is 32.7 Å². The fourth-order valence-corrected chi connectivity index (χ4v) is 6.61. The fraction of sp³-hybridized carbons (Fsp3) is 0.647. The van der Waals surface area contributed by atoms with Crippen molar-refractivity contribution >= 4 is 0 Å². The number of rotatable bonds is 4. The molecule has 5 fully saturated rings. The van der Waals surface area contributed by atoms with Gasteiger partial charge in [-0.2, -0.15) is 0 Å². The molecule has 3 saturated heterocycles. The molecule has 6 bridgehead atoms. The van der Waals surface area contributed by atoms with E-state index in [1.54, 1.807) is 0 Å². The molecule has 163 valence electrons. The van der Waals surface area contributed by atoms with Crippen LogP contribution >= 0.6 is 0 Å². The summed E-state index contributed by atoms with van der Waals surface area (Å²) in [5.41, 5.74) is -3.85. The number of hydrogen-bond donors (Lipinski definition) is 0. The molecule has 0 aromatic heterocycles. The normalized spacial score (nSPS) is 44.3. The summed E-state index contributed by atoms with van der Waals surface area (Å²) in [7, 11) is 0. The van der Waals surface area contributed by atoms with Gasteiger partial charge in [-0.05, 0) is 17.9 Å². The van der Waals surface area contributed by atoms with Gasteiger partial charge in [-0.3, -0.25) is 30.3 Å². The minimum atomic E-state index is -1.94. The van der Waals surface area contributed by atoms with Gasteiger partial charge in [0.15, 0.2) is 11.1 Å². The quantitative estimate of drug-likeness (QED) is 0.266. The molecule has 3 heterocycles. The minimum absolute atomic E-state index is 0. The van der Waals surface area contributed by atoms with Crippen molar-refractivity contribution in [3.63, 3.8) is 0 Å². The third-order valence-corrected chi connectivity index (χ3v) is 7.47. The molecule has 3 aliphatic heterocycles. The van der Waals surface area contributed by atoms with Gasteiger partial charge in [-0.25, -0.2) is 10.1 Å². The summed E-state index contributed by atoms with van der Waals surface area (Å²) >= 11 is 0. The molecular formula is C17H13N6O8Y-. The summed E-state index contributed by atoms with van der Waals surface area (Å²) in [4.78, 5) is 45.9. The summed E-state index contributed by atoms with van der Waals surface area (Å²) in [5.74, 6) is 6.19. The Morgan fingerprint density at radius 3 is 2.00 bits per heavy atom. The van der Waals surface area contributed by atoms with E-state index in [0.717, 1.165) is 0 Å². The molecule has 1 radical (unpaired) electrons. The van der Waals surface area contributed by atoms with Gasteiger partial charge in [0.05, 0.1) is 5.41 Å². The van der Waals surface area contributed by atoms with Crippen LogP contribution in [0.5, 0.6) is 0 Å². The Kier molecular flexibility index (Phi) is 5.46. The Bertz CT molecular complexity index is 1090. The van der Waals surface area contributed by atoms with E-state index in [2.05, 4.69) is 23.1 Å². The monoisotopic (exact) mass is 518 g/mol. The van der Waals surface area contributed by atoms with Crippen molar-refractivity contribution in [3.8, 4) is 36.5 Å². The second-order valence-electron chi connectivity index (χ2n) is 8.02. The predicted octanol–water partition coefficient (Wildman–Crippen LogP) is -0.600. The number of nitrogens with zero attached hydrogens (tertiary/aromatic N) is 6. The van der Waals surface area contributed by atoms with E-state index < -0.39 is 78.8 Å². The molecule has 14 nitrogen and oxygen atoms in total. The SMILES string of the molecule is C#CC#CC12C3[N-]C4C([N+](=O)[O-])C(C(C1[N+](=O)[O-])N3[N+](=O)[O-])C([N+](=O)[O-])C4(C#C)C2C.[Y]. The molecule has 15 heteroatoms. The average Bonchev–Trinajstić information content (AvgIpc) is 3.07. The molecule has 10 atom stereocenters. The van der Waals surface area contributed by atoms with Gasteiger partial charge in [0.1, 0.15) is 11.3 Å². The van der Waals surface area contributed by atoms with Crippen LogP contribution in [0, 0.1) is 99.7 Å². The molecule has 2 aliphatic carbocycles. The summed E-state index contributed by atoms with van der Waals surface area (Å²) in [6, 6.07) is -8.86. The fourth-order valence-electron chi connectivity index (χ4n) is 6.61. The van der Waals surface area contributed by atoms with Gasteiger partial charge in [0, 0.05) is 59.6 Å². The molecule has 0 aromatic carbocycles. The Morgan fingerprint density at radius 2 is 1.56 bits per heavy atom. The maximum atomic E-state index is 12.2. The van der Waals surface area contributed by atoms with Crippen molar-refractivity contribution in [2.24, 2.45) is 22.7 Å². The van der Waals surface area contributed by atoms with Crippen LogP contribution in [0.25, 0.3) is 5.32 Å². The van der Waals surface area contributed by atoms with Crippen LogP contribution in [0.1, 0.15) is 6.92 Å². The van der Waals surface area contributed by atoms with E-state index in [4.69, 9.17) is 12.8 Å². The summed E-state index contributed by atoms with van der Waals surface area (Å²) in [5, 5.41) is 52.1. The minimum Gasteiger partial charge on any atom is -0.626 e. The Morgan fingerprint density at radius 1 is 0.969 bits per heavy atom. The molecule has 5 aliphatic rings. The van der Waals surface area contributed by atoms with Crippen LogP contribution in [0.4, 0.5) is 0 Å². The topological polar surface area (TPSA) is 190 Å². The van der Waals surface area contributed by atoms with Gasteiger partial charge in [-0.15, -0.1) is 17.9 Å². The number of hydrogen-bond acceptors (Lipinski definition) is 8. The van der Waals surface area contributed by atoms with Crippen LogP contribution in [-0.4, -0.2) is 61.2 Å². The van der Waals surface area contributed by atoms with Gasteiger partial charge in [0.2, 0.25) is 12.1 Å². The van der Waals surface area contributed by atoms with Crippen molar-refractivity contribution in [1.29, 1.82) is 0 Å². The number of piperidine rings is 1. The Hall–Kier alpha value is -2.86. The molecule has 32 heavy (non-hydrogen) atoms. The van der Waals surface area contributed by atoms with Crippen LogP contribution in [0.3, 0.4) is 0 Å². The molecule has 2 saturated carbocycles. The third kappa shape index (κ3) is 2.33. The summed E-state index contributed by atoms with van der Waals surface area (Å²) in [6.07, 6.45) is 9.36. The van der Waals surface area contributed by atoms with Gasteiger partial charge >= 0.3 is 0 Å². The predicted molar refractivity (Wildman–Crippen MR) is 98.9 cm³/mol. The van der Waals surface area contributed by atoms with Crippen LogP contribution in [0.2, 0.25) is 0 Å². The maximum Gasteiger partial charge on any atom is 0.256 e. The first-order valence-corrected chi connectivity index (χ1v) is 9.02. The van der Waals surface area contributed by atoms with Gasteiger partial charge < -0.3 is 5.32 Å². The number of nitro groups is 4. The zero-order valence-corrected chi connectivity index (χ0v) is 19.1. The van der Waals surface area contributed by atoms with Gasteiger partial charge in [0.25, 0.3) is 6.04 Å². The first-order valence-electron chi connectivity index (χ1n) is 9.02. The van der Waals surface area contributed by atoms with Gasteiger partial charge in [-0.1, -0.05) is 18.8 Å². The molecule has 10 unspecified atom stereocenters. The smallest absolute Gasteiger partial charge is 0.256 e. The van der Waals surface area contributed by atoms with Crippen LogP contribution < -0.4 is 0 Å². The summed E-state index contributed by atoms with van der Waals surface area (Å²) < 4.78 is 0. The zero-order chi connectivity index (χ0) is 23.0. The van der Waals surface area contributed by atoms with Crippen LogP contribution in [0.15, 0.2) is 0 Å². The largest absolute Gasteiger partial charge is 0.626 e. The molecule has 0 aromatic rings. The van der Waals surface area contributed by atoms with Crippen molar-refractivity contribution < 1.29 is 52.5 Å². The van der Waals surface area contributed by atoms with Crippen molar-refractivity contribution in [1.82, 2.24) is 5.01 Å². The van der Waals surface area contributed by atoms with E-state index >= 15 is 0 Å². The number of hydrazine groups is 1. The Labute approximate surface area is 205 Å². The molecular weight excluding hydrogens is 505 g/mol. The average molecular weight is 518 g/mol. The molecule has 5 rings (SSSR count). The van der Waals surface area contributed by atoms with E-state index in [0.29, 0.717) is 5.01 Å². The van der Waals surface area contributed by atoms with E-state index in [1.807, 2.05) is 5.92 Å². The molecule has 0 N–H and O–H groups in total. The molecule has 0 amide bonds. The Balaban J connectivity index is 0.00000289. The second kappa shape index (κ2) is 7.34.